The van der Waals surface area contributed by atoms with Crippen LogP contribution >= 0.6 is 23.5 Å². The number of anilines is 6. The van der Waals surface area contributed by atoms with Crippen molar-refractivity contribution in [3.63, 3.8) is 0 Å². The van der Waals surface area contributed by atoms with E-state index in [4.69, 9.17) is 0 Å². The van der Waals surface area contributed by atoms with Gasteiger partial charge in [0.05, 0.1) is 22.7 Å². The summed E-state index contributed by atoms with van der Waals surface area (Å²) in [5, 5.41) is 0. The fourth-order valence-electron chi connectivity index (χ4n) is 9.12. The fourth-order valence-corrected chi connectivity index (χ4v) is 16.4. The van der Waals surface area contributed by atoms with E-state index in [1.54, 1.807) is 23.5 Å². The van der Waals surface area contributed by atoms with E-state index in [1.807, 2.05) is 0 Å². The highest BCUT2D eigenvalue weighted by Crippen LogP contribution is 2.72. The number of hydrogen-bond donors (Lipinski definition) is 0. The van der Waals surface area contributed by atoms with Gasteiger partial charge in [-0.3, -0.25) is 4.21 Å². The van der Waals surface area contributed by atoms with Crippen molar-refractivity contribution in [3.05, 3.63) is 182 Å². The van der Waals surface area contributed by atoms with Crippen LogP contribution in [0.3, 0.4) is 0 Å². The first-order valence-electron chi connectivity index (χ1n) is 18.1. The average molecular weight is 747 g/mol. The van der Waals surface area contributed by atoms with Crippen molar-refractivity contribution in [2.75, 3.05) is 9.80 Å². The first-order valence-corrected chi connectivity index (χ1v) is 21.7. The molecule has 4 heterocycles. The molecule has 12 rings (SSSR count). The Morgan fingerprint density at radius 2 is 0.648 bits per heavy atom. The van der Waals surface area contributed by atoms with Crippen molar-refractivity contribution in [3.8, 4) is 22.3 Å². The predicted molar refractivity (Wildman–Crippen MR) is 223 cm³/mol. The van der Waals surface area contributed by atoms with Crippen molar-refractivity contribution < 1.29 is 4.21 Å². The summed E-state index contributed by atoms with van der Waals surface area (Å²) in [4.78, 5) is 13.0. The molecular formula is C48H30N2OS3. The topological polar surface area (TPSA) is 23.6 Å². The average Bonchev–Trinajstić information content (AvgIpc) is 3.61. The minimum absolute atomic E-state index is 0.872. The van der Waals surface area contributed by atoms with Gasteiger partial charge in [0.15, 0.2) is 0 Å². The van der Waals surface area contributed by atoms with Crippen LogP contribution in [-0.4, -0.2) is 4.21 Å². The lowest BCUT2D eigenvalue weighted by molar-refractivity contribution is 0.658. The van der Waals surface area contributed by atoms with Crippen molar-refractivity contribution in [1.82, 2.24) is 0 Å². The summed E-state index contributed by atoms with van der Waals surface area (Å²) < 4.78 is 17.9. The molecule has 4 aliphatic heterocycles. The zero-order valence-electron chi connectivity index (χ0n) is 28.8. The van der Waals surface area contributed by atoms with Gasteiger partial charge in [0, 0.05) is 59.6 Å². The summed E-state index contributed by atoms with van der Waals surface area (Å²) in [5.74, 6) is 0. The van der Waals surface area contributed by atoms with Gasteiger partial charge in [-0.05, 0) is 107 Å². The fraction of sp³-hybridized carbons (Fsp3) is 0. The summed E-state index contributed by atoms with van der Waals surface area (Å²) in [6.45, 7) is 0. The van der Waals surface area contributed by atoms with E-state index in [0.717, 1.165) is 76.0 Å². The van der Waals surface area contributed by atoms with Gasteiger partial charge in [-0.25, -0.2) is 0 Å². The molecule has 0 saturated heterocycles. The normalized spacial score (nSPS) is 16.4. The van der Waals surface area contributed by atoms with Gasteiger partial charge < -0.3 is 9.80 Å². The predicted octanol–water partition coefficient (Wildman–Crippen LogP) is 13.9. The lowest BCUT2D eigenvalue weighted by Crippen LogP contribution is -2.30. The van der Waals surface area contributed by atoms with Crippen molar-refractivity contribution in [2.24, 2.45) is 0 Å². The first-order chi connectivity index (χ1) is 26.6. The molecule has 0 aromatic heterocycles. The highest BCUT2D eigenvalue weighted by molar-refractivity contribution is 8.21. The Balaban J connectivity index is 1.17. The summed E-state index contributed by atoms with van der Waals surface area (Å²) in [5.41, 5.74) is 10.6. The maximum Gasteiger partial charge on any atom is 0.0601 e. The Morgan fingerprint density at radius 3 is 1.04 bits per heavy atom. The van der Waals surface area contributed by atoms with Crippen LogP contribution in [0, 0.1) is 0 Å². The third-order valence-electron chi connectivity index (χ3n) is 11.3. The zero-order valence-corrected chi connectivity index (χ0v) is 31.3. The maximum atomic E-state index is 17.9. The van der Waals surface area contributed by atoms with Crippen LogP contribution in [-0.2, 0) is 9.07 Å². The van der Waals surface area contributed by atoms with E-state index < -0.39 is 9.07 Å². The highest BCUT2D eigenvalue weighted by atomic mass is 32.3. The molecule has 0 atom stereocenters. The molecule has 8 aromatic carbocycles. The maximum absolute atomic E-state index is 17.9. The third-order valence-corrected chi connectivity index (χ3v) is 18.3. The van der Waals surface area contributed by atoms with Crippen LogP contribution in [0.4, 0.5) is 34.1 Å². The van der Waals surface area contributed by atoms with Gasteiger partial charge in [0.2, 0.25) is 0 Å². The van der Waals surface area contributed by atoms with Crippen LogP contribution in [0.15, 0.2) is 221 Å². The molecule has 0 radical (unpaired) electrons. The molecule has 0 bridgehead atoms. The minimum atomic E-state index is -4.18. The molecule has 0 saturated carbocycles. The second kappa shape index (κ2) is 10.9. The second-order valence-electron chi connectivity index (χ2n) is 14.0. The lowest BCUT2D eigenvalue weighted by Gasteiger charge is -2.40. The SMILES string of the molecule is O=S12(c3ccccc3-c3ccc(N4c5ccccc5Sc5ccccc54)cc31)c1ccccc1-c1ccc(N3c4ccccc4Sc4ccccc43)cc12. The molecule has 256 valence electrons. The standard InChI is InChI=1S/C48H30N2OS3/c51-54(45-23-11-1-13-33(45)35-27-25-31(29-47(35)54)49-37-15-3-7-19-41(37)52-42-20-8-4-16-38(42)49)46-24-12-2-14-34(46)36-28-26-32(30-48(36)54)50-39-17-5-9-21-43(39)53-44-22-10-6-18-40(44)50/h1-30H. The Kier molecular flexibility index (Phi) is 6.18. The summed E-state index contributed by atoms with van der Waals surface area (Å²) >= 11 is 3.60. The molecule has 1 spiro atoms. The lowest BCUT2D eigenvalue weighted by atomic mass is 10.0. The number of rotatable bonds is 2. The third kappa shape index (κ3) is 3.77. The molecule has 0 aliphatic carbocycles. The molecule has 4 aliphatic rings. The smallest absolute Gasteiger partial charge is 0.0601 e. The van der Waals surface area contributed by atoms with Gasteiger partial charge in [0.25, 0.3) is 0 Å². The molecule has 0 N–H and O–H groups in total. The van der Waals surface area contributed by atoms with Gasteiger partial charge >= 0.3 is 0 Å². The second-order valence-corrected chi connectivity index (χ2v) is 19.9. The molecule has 3 nitrogen and oxygen atoms in total. The molecule has 0 amide bonds. The first kappa shape index (κ1) is 30.6. The molecular weight excluding hydrogens is 717 g/mol. The van der Waals surface area contributed by atoms with Crippen LogP contribution in [0.25, 0.3) is 22.3 Å². The van der Waals surface area contributed by atoms with Crippen molar-refractivity contribution >= 4 is 66.7 Å². The molecule has 6 heteroatoms. The van der Waals surface area contributed by atoms with Gasteiger partial charge in [-0.2, -0.15) is 0 Å². The number of para-hydroxylation sites is 4. The molecule has 8 aromatic rings. The van der Waals surface area contributed by atoms with Gasteiger partial charge in [-0.15, -0.1) is 0 Å². The molecule has 0 fully saturated rings. The highest BCUT2D eigenvalue weighted by Gasteiger charge is 2.58. The number of hydrogen-bond acceptors (Lipinski definition) is 5. The number of nitrogens with zero attached hydrogens (tertiary/aromatic N) is 2. The number of fused-ring (bicyclic) bond motifs is 14. The van der Waals surface area contributed by atoms with Crippen LogP contribution < -0.4 is 9.80 Å². The van der Waals surface area contributed by atoms with Gasteiger partial charge in [-0.1, -0.05) is 121 Å². The Bertz CT molecular complexity index is 2710. The quantitative estimate of drug-likeness (QED) is 0.175. The summed E-state index contributed by atoms with van der Waals surface area (Å²) in [7, 11) is -4.18. The molecule has 0 unspecified atom stereocenters. The monoisotopic (exact) mass is 746 g/mol. The van der Waals surface area contributed by atoms with Gasteiger partial charge in [0.1, 0.15) is 0 Å². The van der Waals surface area contributed by atoms with E-state index in [9.17, 15) is 0 Å². The minimum Gasteiger partial charge on any atom is -0.308 e. The van der Waals surface area contributed by atoms with E-state index in [1.165, 1.54) is 19.6 Å². The van der Waals surface area contributed by atoms with Crippen molar-refractivity contribution in [2.45, 2.75) is 39.2 Å². The Hall–Kier alpha value is -5.79. The van der Waals surface area contributed by atoms with E-state index in [-0.39, 0.29) is 0 Å². The van der Waals surface area contributed by atoms with E-state index >= 15 is 4.21 Å². The Labute approximate surface area is 322 Å². The molecule has 54 heavy (non-hydrogen) atoms. The zero-order chi connectivity index (χ0) is 35.6. The summed E-state index contributed by atoms with van der Waals surface area (Å²) in [6.07, 6.45) is 0. The van der Waals surface area contributed by atoms with Crippen LogP contribution in [0.2, 0.25) is 0 Å². The largest absolute Gasteiger partial charge is 0.308 e. The summed E-state index contributed by atoms with van der Waals surface area (Å²) in [6, 6.07) is 64.5. The van der Waals surface area contributed by atoms with E-state index in [0.29, 0.717) is 0 Å². The van der Waals surface area contributed by atoms with Crippen LogP contribution in [0.5, 0.6) is 0 Å². The van der Waals surface area contributed by atoms with Crippen LogP contribution in [0.1, 0.15) is 0 Å². The van der Waals surface area contributed by atoms with E-state index in [2.05, 4.69) is 192 Å². The number of benzene rings is 8. The Morgan fingerprint density at radius 1 is 0.333 bits per heavy atom. The van der Waals surface area contributed by atoms with Crippen molar-refractivity contribution in [1.29, 1.82) is 0 Å².